The highest BCUT2D eigenvalue weighted by Gasteiger charge is 2.56. The fraction of sp³-hybridized carbons (Fsp3) is 0.500. The summed E-state index contributed by atoms with van der Waals surface area (Å²) in [6, 6.07) is 0. The first kappa shape index (κ1) is 14.6. The molecule has 4 unspecified atom stereocenters. The largest absolute Gasteiger partial charge is 0.394 e. The summed E-state index contributed by atoms with van der Waals surface area (Å²) in [6.45, 7) is 3.76. The van der Waals surface area contributed by atoms with E-state index in [1.807, 2.05) is 0 Å². The fourth-order valence-electron chi connectivity index (χ4n) is 2.09. The summed E-state index contributed by atoms with van der Waals surface area (Å²) >= 11 is 0. The van der Waals surface area contributed by atoms with E-state index in [1.54, 1.807) is 0 Å². The van der Waals surface area contributed by atoms with Gasteiger partial charge in [0.05, 0.1) is 6.61 Å². The molecule has 1 aromatic rings. The Kier molecular flexibility index (Phi) is 3.61. The molecule has 0 bridgehead atoms. The van der Waals surface area contributed by atoms with Crippen LogP contribution in [0.3, 0.4) is 0 Å². The second kappa shape index (κ2) is 4.95. The van der Waals surface area contributed by atoms with Crippen molar-refractivity contribution >= 4 is 11.9 Å². The maximum Gasteiger partial charge on any atom is 0.351 e. The van der Waals surface area contributed by atoms with Crippen molar-refractivity contribution in [1.82, 2.24) is 9.55 Å². The summed E-state index contributed by atoms with van der Waals surface area (Å²) in [4.78, 5) is 15.3. The number of aliphatic hydroxyl groups excluding tert-OH is 1. The lowest BCUT2D eigenvalue weighted by atomic mass is 9.98. The van der Waals surface area contributed by atoms with Gasteiger partial charge in [-0.2, -0.15) is 4.98 Å². The van der Waals surface area contributed by atoms with Gasteiger partial charge in [-0.15, -0.1) is 0 Å². The highest BCUT2D eigenvalue weighted by molar-refractivity contribution is 5.57. The van der Waals surface area contributed by atoms with Gasteiger partial charge in [0, 0.05) is 11.8 Å². The van der Waals surface area contributed by atoms with Gasteiger partial charge >= 0.3 is 5.69 Å². The number of nitrogens with two attached hydrogens (primary N) is 1. The molecule has 6 nitrogen and oxygen atoms in total. The van der Waals surface area contributed by atoms with Crippen molar-refractivity contribution in [1.29, 1.82) is 0 Å². The number of nitrogen functional groups attached to an aromatic ring is 1. The van der Waals surface area contributed by atoms with Gasteiger partial charge < -0.3 is 15.6 Å². The van der Waals surface area contributed by atoms with E-state index in [0.717, 1.165) is 11.5 Å². The summed E-state index contributed by atoms with van der Waals surface area (Å²) in [7, 11) is 0. The molecule has 1 fully saturated rings. The van der Waals surface area contributed by atoms with Gasteiger partial charge in [0.25, 0.3) is 0 Å². The smallest absolute Gasteiger partial charge is 0.351 e. The first-order chi connectivity index (χ1) is 9.32. The number of halogens is 2. The minimum atomic E-state index is -2.41. The van der Waals surface area contributed by atoms with Crippen molar-refractivity contribution in [2.24, 2.45) is 0 Å². The summed E-state index contributed by atoms with van der Waals surface area (Å²) in [5, 5.41) is 9.03. The molecule has 4 atom stereocenters. The molecule has 0 radical (unpaired) electrons. The number of rotatable bonds is 3. The lowest BCUT2D eigenvalue weighted by molar-refractivity contribution is -0.0532. The van der Waals surface area contributed by atoms with E-state index in [-0.39, 0.29) is 5.82 Å². The summed E-state index contributed by atoms with van der Waals surface area (Å²) in [6.07, 6.45) is -2.47. The highest BCUT2D eigenvalue weighted by atomic mass is 19.2. The second-order valence-corrected chi connectivity index (χ2v) is 4.73. The van der Waals surface area contributed by atoms with Crippen LogP contribution in [0.1, 0.15) is 18.7 Å². The Balaban J connectivity index is 2.48. The van der Waals surface area contributed by atoms with E-state index >= 15 is 0 Å². The van der Waals surface area contributed by atoms with Crippen molar-refractivity contribution in [3.63, 3.8) is 0 Å². The summed E-state index contributed by atoms with van der Waals surface area (Å²) in [5.41, 5.74) is 2.52. The molecule has 1 aliphatic heterocycles. The van der Waals surface area contributed by atoms with E-state index in [1.165, 1.54) is 12.3 Å². The molecular weight excluding hydrogens is 272 g/mol. The molecule has 1 saturated heterocycles. The van der Waals surface area contributed by atoms with Crippen LogP contribution >= 0.6 is 0 Å². The monoisotopic (exact) mass is 287 g/mol. The molecule has 110 valence electrons. The molecule has 2 rings (SSSR count). The van der Waals surface area contributed by atoms with E-state index in [4.69, 9.17) is 15.6 Å². The Bertz CT molecular complexity index is 588. The van der Waals surface area contributed by atoms with Crippen molar-refractivity contribution in [3.8, 4) is 0 Å². The van der Waals surface area contributed by atoms with Crippen LogP contribution in [0, 0.1) is 0 Å². The Hall–Kier alpha value is -1.80. The van der Waals surface area contributed by atoms with Crippen molar-refractivity contribution in [2.45, 2.75) is 31.1 Å². The van der Waals surface area contributed by atoms with Crippen molar-refractivity contribution in [3.05, 3.63) is 28.8 Å². The summed E-state index contributed by atoms with van der Waals surface area (Å²) in [5.74, 6) is -0.0589. The predicted octanol–water partition coefficient (Wildman–Crippen LogP) is 0.425. The molecule has 1 aromatic heterocycles. The van der Waals surface area contributed by atoms with E-state index in [9.17, 15) is 13.6 Å². The number of anilines is 1. The number of alkyl halides is 2. The number of aliphatic hydroxyl groups is 1. The van der Waals surface area contributed by atoms with Crippen LogP contribution in [0.15, 0.2) is 17.6 Å². The minimum absolute atomic E-state index is 0.0589. The van der Waals surface area contributed by atoms with E-state index in [0.29, 0.717) is 5.56 Å². The molecule has 0 spiro atoms. The Morgan fingerprint density at radius 2 is 2.40 bits per heavy atom. The second-order valence-electron chi connectivity index (χ2n) is 4.73. The minimum Gasteiger partial charge on any atom is -0.394 e. The molecule has 2 heterocycles. The van der Waals surface area contributed by atoms with Crippen LogP contribution in [0.25, 0.3) is 6.08 Å². The maximum absolute atomic E-state index is 14.2. The Morgan fingerprint density at radius 3 is 2.90 bits per heavy atom. The SMILES string of the molecule is C=Cc1cn(C2OC(CO)C(C)(F)C2F)c(=O)nc1N. The number of aromatic nitrogens is 2. The predicted molar refractivity (Wildman–Crippen MR) is 68.4 cm³/mol. The molecule has 8 heteroatoms. The molecule has 0 saturated carbocycles. The first-order valence-electron chi connectivity index (χ1n) is 5.93. The summed E-state index contributed by atoms with van der Waals surface area (Å²) < 4.78 is 34.2. The van der Waals surface area contributed by atoms with Crippen LogP contribution in [0.2, 0.25) is 0 Å². The first-order valence-corrected chi connectivity index (χ1v) is 5.93. The van der Waals surface area contributed by atoms with Crippen LogP contribution < -0.4 is 11.4 Å². The normalized spacial score (nSPS) is 33.3. The zero-order valence-corrected chi connectivity index (χ0v) is 10.8. The zero-order valence-electron chi connectivity index (χ0n) is 10.8. The number of hydrogen-bond donors (Lipinski definition) is 2. The van der Waals surface area contributed by atoms with Gasteiger partial charge in [-0.05, 0) is 6.92 Å². The lowest BCUT2D eigenvalue weighted by Crippen LogP contribution is -2.40. The number of nitrogens with zero attached hydrogens (tertiary/aromatic N) is 2. The number of hydrogen-bond acceptors (Lipinski definition) is 5. The van der Waals surface area contributed by atoms with Crippen molar-refractivity contribution in [2.75, 3.05) is 12.3 Å². The number of ether oxygens (including phenoxy) is 1. The third kappa shape index (κ3) is 2.10. The van der Waals surface area contributed by atoms with Gasteiger partial charge in [-0.3, -0.25) is 4.57 Å². The van der Waals surface area contributed by atoms with Gasteiger partial charge in [0.2, 0.25) is 0 Å². The van der Waals surface area contributed by atoms with Gasteiger partial charge in [-0.1, -0.05) is 12.7 Å². The fourth-order valence-corrected chi connectivity index (χ4v) is 2.09. The van der Waals surface area contributed by atoms with Crippen LogP contribution in [0.5, 0.6) is 0 Å². The average molecular weight is 287 g/mol. The van der Waals surface area contributed by atoms with Crippen LogP contribution in [0.4, 0.5) is 14.6 Å². The standard InChI is InChI=1S/C12H15F2N3O3/c1-3-6-4-17(11(19)16-9(6)15)10-8(13)12(2,14)7(5-18)20-10/h3-4,7-8,10,18H,1,5H2,2H3,(H2,15,16,19). The van der Waals surface area contributed by atoms with E-state index in [2.05, 4.69) is 11.6 Å². The third-order valence-corrected chi connectivity index (χ3v) is 3.39. The van der Waals surface area contributed by atoms with Crippen molar-refractivity contribution < 1.29 is 18.6 Å². The van der Waals surface area contributed by atoms with Crippen LogP contribution in [-0.4, -0.2) is 39.2 Å². The van der Waals surface area contributed by atoms with E-state index < -0.39 is 36.5 Å². The van der Waals surface area contributed by atoms with Gasteiger partial charge in [0.15, 0.2) is 18.1 Å². The zero-order chi connectivity index (χ0) is 15.1. The molecular formula is C12H15F2N3O3. The molecule has 3 N–H and O–H groups in total. The topological polar surface area (TPSA) is 90.4 Å². The molecule has 0 aliphatic carbocycles. The highest BCUT2D eigenvalue weighted by Crippen LogP contribution is 2.41. The molecule has 20 heavy (non-hydrogen) atoms. The van der Waals surface area contributed by atoms with Crippen LogP contribution in [-0.2, 0) is 4.74 Å². The average Bonchev–Trinajstić information content (AvgIpc) is 2.61. The Morgan fingerprint density at radius 1 is 1.75 bits per heavy atom. The van der Waals surface area contributed by atoms with Gasteiger partial charge in [0.1, 0.15) is 11.9 Å². The Labute approximate surface area is 113 Å². The third-order valence-electron chi connectivity index (χ3n) is 3.39. The molecule has 0 aromatic carbocycles. The quantitative estimate of drug-likeness (QED) is 0.841. The molecule has 1 aliphatic rings. The molecule has 0 amide bonds. The maximum atomic E-state index is 14.2. The van der Waals surface area contributed by atoms with Gasteiger partial charge in [-0.25, -0.2) is 13.6 Å². The lowest BCUT2D eigenvalue weighted by Gasteiger charge is -2.20.